The first-order valence-corrected chi connectivity index (χ1v) is 6.76. The molecule has 0 amide bonds. The van der Waals surface area contributed by atoms with Crippen LogP contribution in [0.4, 0.5) is 0 Å². The molecular weight excluding hydrogens is 232 g/mol. The van der Waals surface area contributed by atoms with E-state index in [4.69, 9.17) is 17.3 Å². The number of benzene rings is 1. The average molecular weight is 253 g/mol. The van der Waals surface area contributed by atoms with Crippen LogP contribution in [0, 0.1) is 5.92 Å². The van der Waals surface area contributed by atoms with E-state index in [-0.39, 0.29) is 0 Å². The Hall–Kier alpha value is -0.570. The maximum atomic E-state index is 6.10. The van der Waals surface area contributed by atoms with Crippen LogP contribution in [0.5, 0.6) is 0 Å². The summed E-state index contributed by atoms with van der Waals surface area (Å²) in [7, 11) is 0. The van der Waals surface area contributed by atoms with Crippen molar-refractivity contribution in [2.45, 2.75) is 32.9 Å². The van der Waals surface area contributed by atoms with Crippen LogP contribution >= 0.6 is 11.6 Å². The van der Waals surface area contributed by atoms with E-state index < -0.39 is 0 Å². The molecule has 17 heavy (non-hydrogen) atoms. The molecular formula is C14H21ClN2. The molecule has 0 saturated carbocycles. The molecule has 2 N–H and O–H groups in total. The highest BCUT2D eigenvalue weighted by molar-refractivity contribution is 6.30. The zero-order valence-electron chi connectivity index (χ0n) is 10.5. The van der Waals surface area contributed by atoms with Gasteiger partial charge in [0.1, 0.15) is 0 Å². The fraction of sp³-hybridized carbons (Fsp3) is 0.571. The number of rotatable bonds is 3. The van der Waals surface area contributed by atoms with Gasteiger partial charge in [-0.25, -0.2) is 0 Å². The molecule has 1 aliphatic rings. The first-order chi connectivity index (χ1) is 8.17. The Morgan fingerprint density at radius 1 is 1.35 bits per heavy atom. The maximum Gasteiger partial charge on any atom is 0.0412 e. The van der Waals surface area contributed by atoms with Crippen molar-refractivity contribution in [1.82, 2.24) is 4.90 Å². The minimum atomic E-state index is 0.559. The molecule has 3 heteroatoms. The topological polar surface area (TPSA) is 29.3 Å². The molecule has 0 aromatic heterocycles. The highest BCUT2D eigenvalue weighted by atomic mass is 35.5. The van der Waals surface area contributed by atoms with Gasteiger partial charge in [-0.3, -0.25) is 4.90 Å². The Bertz CT molecular complexity index is 378. The third kappa shape index (κ3) is 3.70. The summed E-state index contributed by atoms with van der Waals surface area (Å²) in [6.07, 6.45) is 2.67. The summed E-state index contributed by atoms with van der Waals surface area (Å²) < 4.78 is 0. The van der Waals surface area contributed by atoms with Crippen LogP contribution in [0.25, 0.3) is 0 Å². The first kappa shape index (κ1) is 12.9. The zero-order chi connectivity index (χ0) is 12.3. The van der Waals surface area contributed by atoms with Crippen molar-refractivity contribution in [3.63, 3.8) is 0 Å². The predicted molar refractivity (Wildman–Crippen MR) is 73.0 cm³/mol. The molecule has 2 nitrogen and oxygen atoms in total. The standard InChI is InChI=1S/C14H21ClN2/c1-11-3-2-4-17(9-11)10-13-5-12(8-16)6-14(15)7-13/h5-7,11H,2-4,8-10,16H2,1H3. The SMILES string of the molecule is CC1CCCN(Cc2cc(Cl)cc(CN)c2)C1. The smallest absolute Gasteiger partial charge is 0.0412 e. The summed E-state index contributed by atoms with van der Waals surface area (Å²) in [6, 6.07) is 6.18. The second-order valence-electron chi connectivity index (χ2n) is 5.15. The fourth-order valence-electron chi connectivity index (χ4n) is 2.62. The number of halogens is 1. The zero-order valence-corrected chi connectivity index (χ0v) is 11.2. The molecule has 1 atom stereocenters. The van der Waals surface area contributed by atoms with Crippen LogP contribution in [0.1, 0.15) is 30.9 Å². The van der Waals surface area contributed by atoms with Crippen molar-refractivity contribution < 1.29 is 0 Å². The average Bonchev–Trinajstić information content (AvgIpc) is 2.28. The number of likely N-dealkylation sites (tertiary alicyclic amines) is 1. The summed E-state index contributed by atoms with van der Waals surface area (Å²) in [6.45, 7) is 6.29. The van der Waals surface area contributed by atoms with Gasteiger partial charge in [-0.2, -0.15) is 0 Å². The number of hydrogen-bond acceptors (Lipinski definition) is 2. The summed E-state index contributed by atoms with van der Waals surface area (Å²) in [5.41, 5.74) is 8.08. The lowest BCUT2D eigenvalue weighted by atomic mass is 9.99. The molecule has 0 spiro atoms. The first-order valence-electron chi connectivity index (χ1n) is 6.38. The molecule has 0 bridgehead atoms. The number of piperidine rings is 1. The van der Waals surface area contributed by atoms with Gasteiger partial charge in [0.2, 0.25) is 0 Å². The Labute approximate surface area is 109 Å². The lowest BCUT2D eigenvalue weighted by Crippen LogP contribution is -2.33. The third-order valence-electron chi connectivity index (χ3n) is 3.40. The van der Waals surface area contributed by atoms with Crippen LogP contribution in [0.2, 0.25) is 5.02 Å². The van der Waals surface area contributed by atoms with Gasteiger partial charge in [0.15, 0.2) is 0 Å². The van der Waals surface area contributed by atoms with E-state index in [0.717, 1.165) is 23.0 Å². The minimum Gasteiger partial charge on any atom is -0.326 e. The summed E-state index contributed by atoms with van der Waals surface area (Å²) >= 11 is 6.10. The van der Waals surface area contributed by atoms with Crippen molar-refractivity contribution in [2.24, 2.45) is 11.7 Å². The molecule has 2 rings (SSSR count). The van der Waals surface area contributed by atoms with Crippen molar-refractivity contribution in [3.05, 3.63) is 34.3 Å². The normalized spacial score (nSPS) is 21.7. The van der Waals surface area contributed by atoms with Crippen molar-refractivity contribution in [1.29, 1.82) is 0 Å². The Morgan fingerprint density at radius 3 is 2.82 bits per heavy atom. The lowest BCUT2D eigenvalue weighted by Gasteiger charge is -2.30. The molecule has 0 radical (unpaired) electrons. The molecule has 1 aromatic carbocycles. The lowest BCUT2D eigenvalue weighted by molar-refractivity contribution is 0.176. The van der Waals surface area contributed by atoms with Gasteiger partial charge in [-0.15, -0.1) is 0 Å². The van der Waals surface area contributed by atoms with Crippen LogP contribution in [0.15, 0.2) is 18.2 Å². The molecule has 0 aliphatic carbocycles. The van der Waals surface area contributed by atoms with Crippen molar-refractivity contribution in [3.8, 4) is 0 Å². The highest BCUT2D eigenvalue weighted by Gasteiger charge is 2.16. The Balaban J connectivity index is 2.04. The highest BCUT2D eigenvalue weighted by Crippen LogP contribution is 2.20. The van der Waals surface area contributed by atoms with E-state index in [1.807, 2.05) is 6.07 Å². The number of hydrogen-bond donors (Lipinski definition) is 1. The van der Waals surface area contributed by atoms with Gasteiger partial charge >= 0.3 is 0 Å². The van der Waals surface area contributed by atoms with E-state index in [0.29, 0.717) is 6.54 Å². The van der Waals surface area contributed by atoms with Crippen molar-refractivity contribution in [2.75, 3.05) is 13.1 Å². The summed E-state index contributed by atoms with van der Waals surface area (Å²) in [5.74, 6) is 0.817. The molecule has 1 heterocycles. The van der Waals surface area contributed by atoms with Crippen LogP contribution in [-0.4, -0.2) is 18.0 Å². The van der Waals surface area contributed by atoms with Gasteiger partial charge in [-0.05, 0) is 48.6 Å². The third-order valence-corrected chi connectivity index (χ3v) is 3.62. The fourth-order valence-corrected chi connectivity index (χ4v) is 2.90. The van der Waals surface area contributed by atoms with E-state index in [1.165, 1.54) is 31.5 Å². The van der Waals surface area contributed by atoms with Gasteiger partial charge in [-0.1, -0.05) is 24.6 Å². The van der Waals surface area contributed by atoms with E-state index in [1.54, 1.807) is 0 Å². The molecule has 1 saturated heterocycles. The molecule has 1 unspecified atom stereocenters. The van der Waals surface area contributed by atoms with Crippen molar-refractivity contribution >= 4 is 11.6 Å². The molecule has 1 aliphatic heterocycles. The maximum absolute atomic E-state index is 6.10. The van der Waals surface area contributed by atoms with Gasteiger partial charge in [0.25, 0.3) is 0 Å². The van der Waals surface area contributed by atoms with E-state index in [2.05, 4.69) is 24.0 Å². The molecule has 1 fully saturated rings. The van der Waals surface area contributed by atoms with Crippen LogP contribution in [0.3, 0.4) is 0 Å². The predicted octanol–water partition coefficient (Wildman–Crippen LogP) is 3.03. The second-order valence-corrected chi connectivity index (χ2v) is 5.59. The summed E-state index contributed by atoms with van der Waals surface area (Å²) in [4.78, 5) is 2.51. The minimum absolute atomic E-state index is 0.559. The largest absolute Gasteiger partial charge is 0.326 e. The molecule has 1 aromatic rings. The monoisotopic (exact) mass is 252 g/mol. The number of nitrogens with two attached hydrogens (primary N) is 1. The van der Waals surface area contributed by atoms with E-state index >= 15 is 0 Å². The van der Waals surface area contributed by atoms with Crippen LogP contribution < -0.4 is 5.73 Å². The van der Waals surface area contributed by atoms with E-state index in [9.17, 15) is 0 Å². The van der Waals surface area contributed by atoms with Crippen LogP contribution in [-0.2, 0) is 13.1 Å². The summed E-state index contributed by atoms with van der Waals surface area (Å²) in [5, 5.41) is 0.799. The molecule has 94 valence electrons. The Kier molecular flexibility index (Phi) is 4.43. The number of nitrogens with zero attached hydrogens (tertiary/aromatic N) is 1. The Morgan fingerprint density at radius 2 is 2.12 bits per heavy atom. The van der Waals surface area contributed by atoms with Gasteiger partial charge in [0.05, 0.1) is 0 Å². The quantitative estimate of drug-likeness (QED) is 0.896. The van der Waals surface area contributed by atoms with Gasteiger partial charge < -0.3 is 5.73 Å². The van der Waals surface area contributed by atoms with Gasteiger partial charge in [0, 0.05) is 24.7 Å². The second kappa shape index (κ2) is 5.85.